The molecule has 0 unspecified atom stereocenters. The number of amides is 3. The van der Waals surface area contributed by atoms with Crippen molar-refractivity contribution >= 4 is 34.9 Å². The first-order valence-corrected chi connectivity index (χ1v) is 12.8. The van der Waals surface area contributed by atoms with E-state index in [0.29, 0.717) is 41.7 Å². The van der Waals surface area contributed by atoms with Crippen LogP contribution in [0.3, 0.4) is 0 Å². The van der Waals surface area contributed by atoms with Crippen molar-refractivity contribution in [3.8, 4) is 22.6 Å². The van der Waals surface area contributed by atoms with Gasteiger partial charge in [0.2, 0.25) is 0 Å². The Balaban J connectivity index is 1.46. The van der Waals surface area contributed by atoms with Crippen molar-refractivity contribution in [1.82, 2.24) is 10.2 Å². The molecule has 0 aliphatic carbocycles. The SMILES string of the molecule is CCOc1ccc(C(=O)N(C)Cc2cccc(-c3ccc(/C=C4/SC(=O)NC4=O)cc3)c2)cc1OCC. The molecule has 0 radical (unpaired) electrons. The van der Waals surface area contributed by atoms with E-state index in [1.165, 1.54) is 0 Å². The lowest BCUT2D eigenvalue weighted by Gasteiger charge is -2.19. The molecular weight excluding hydrogens is 488 g/mol. The molecule has 0 spiro atoms. The first-order chi connectivity index (χ1) is 17.9. The molecule has 1 N–H and O–H groups in total. The topological polar surface area (TPSA) is 84.9 Å². The summed E-state index contributed by atoms with van der Waals surface area (Å²) in [4.78, 5) is 38.3. The summed E-state index contributed by atoms with van der Waals surface area (Å²) in [5.74, 6) is 0.699. The second-order valence-corrected chi connectivity index (χ2v) is 9.38. The number of ether oxygens (including phenoxy) is 2. The van der Waals surface area contributed by atoms with E-state index in [1.807, 2.05) is 56.3 Å². The van der Waals surface area contributed by atoms with Crippen LogP contribution < -0.4 is 14.8 Å². The molecule has 190 valence electrons. The van der Waals surface area contributed by atoms with Gasteiger partial charge in [0.15, 0.2) is 11.5 Å². The first-order valence-electron chi connectivity index (χ1n) is 12.0. The number of benzene rings is 3. The van der Waals surface area contributed by atoms with E-state index in [2.05, 4.69) is 11.4 Å². The van der Waals surface area contributed by atoms with E-state index in [1.54, 1.807) is 36.2 Å². The van der Waals surface area contributed by atoms with Gasteiger partial charge in [-0.3, -0.25) is 19.7 Å². The molecule has 0 saturated carbocycles. The number of nitrogens with zero attached hydrogens (tertiary/aromatic N) is 1. The summed E-state index contributed by atoms with van der Waals surface area (Å²) in [6.45, 7) is 5.23. The molecule has 3 aromatic carbocycles. The predicted octanol–water partition coefficient (Wildman–Crippen LogP) is 5.75. The van der Waals surface area contributed by atoms with E-state index in [4.69, 9.17) is 9.47 Å². The van der Waals surface area contributed by atoms with Crippen molar-refractivity contribution in [2.75, 3.05) is 20.3 Å². The van der Waals surface area contributed by atoms with E-state index < -0.39 is 0 Å². The van der Waals surface area contributed by atoms with E-state index in [9.17, 15) is 14.4 Å². The average molecular weight is 517 g/mol. The molecule has 3 amide bonds. The minimum atomic E-state index is -0.371. The quantitative estimate of drug-likeness (QED) is 0.365. The molecule has 1 aliphatic heterocycles. The van der Waals surface area contributed by atoms with Crippen LogP contribution in [-0.4, -0.2) is 42.2 Å². The van der Waals surface area contributed by atoms with Crippen LogP contribution in [0, 0.1) is 0 Å². The van der Waals surface area contributed by atoms with Crippen LogP contribution in [0.15, 0.2) is 71.6 Å². The van der Waals surface area contributed by atoms with Crippen molar-refractivity contribution in [2.45, 2.75) is 20.4 Å². The smallest absolute Gasteiger partial charge is 0.290 e. The molecule has 0 atom stereocenters. The Morgan fingerprint density at radius 3 is 2.32 bits per heavy atom. The molecule has 37 heavy (non-hydrogen) atoms. The Morgan fingerprint density at radius 1 is 0.919 bits per heavy atom. The van der Waals surface area contributed by atoms with Crippen molar-refractivity contribution in [2.24, 2.45) is 0 Å². The summed E-state index contributed by atoms with van der Waals surface area (Å²) >= 11 is 0.899. The third kappa shape index (κ3) is 6.40. The van der Waals surface area contributed by atoms with Gasteiger partial charge in [-0.05, 0) is 78.2 Å². The molecule has 0 aromatic heterocycles. The maximum Gasteiger partial charge on any atom is 0.290 e. The van der Waals surface area contributed by atoms with Gasteiger partial charge in [-0.2, -0.15) is 0 Å². The van der Waals surface area contributed by atoms with Gasteiger partial charge in [0, 0.05) is 19.2 Å². The monoisotopic (exact) mass is 516 g/mol. The lowest BCUT2D eigenvalue weighted by Crippen LogP contribution is -2.26. The number of nitrogens with one attached hydrogen (secondary N) is 1. The standard InChI is InChI=1S/C29H28N2O5S/c1-4-35-24-14-13-23(17-25(24)36-5-2)28(33)31(3)18-20-7-6-8-22(15-20)21-11-9-19(10-12-21)16-26-27(32)30-29(34)37-26/h6-17H,4-5,18H2,1-3H3,(H,30,32,34)/b26-16+. The lowest BCUT2D eigenvalue weighted by atomic mass is 10.0. The number of thioether (sulfide) groups is 1. The van der Waals surface area contributed by atoms with Gasteiger partial charge >= 0.3 is 0 Å². The van der Waals surface area contributed by atoms with Crippen molar-refractivity contribution in [1.29, 1.82) is 0 Å². The van der Waals surface area contributed by atoms with Crippen LogP contribution in [0.4, 0.5) is 4.79 Å². The minimum absolute atomic E-state index is 0.112. The molecule has 1 saturated heterocycles. The highest BCUT2D eigenvalue weighted by molar-refractivity contribution is 8.18. The van der Waals surface area contributed by atoms with Crippen LogP contribution in [0.1, 0.15) is 35.3 Å². The summed E-state index contributed by atoms with van der Waals surface area (Å²) in [6.07, 6.45) is 1.70. The highest BCUT2D eigenvalue weighted by atomic mass is 32.2. The highest BCUT2D eigenvalue weighted by Gasteiger charge is 2.24. The van der Waals surface area contributed by atoms with Gasteiger partial charge in [-0.15, -0.1) is 0 Å². The fourth-order valence-corrected chi connectivity index (χ4v) is 4.63. The number of hydrogen-bond donors (Lipinski definition) is 1. The zero-order valence-electron chi connectivity index (χ0n) is 20.9. The van der Waals surface area contributed by atoms with E-state index in [0.717, 1.165) is 34.0 Å². The summed E-state index contributed by atoms with van der Waals surface area (Å²) < 4.78 is 11.3. The normalized spacial score (nSPS) is 14.0. The fourth-order valence-electron chi connectivity index (χ4n) is 3.94. The highest BCUT2D eigenvalue weighted by Crippen LogP contribution is 2.30. The van der Waals surface area contributed by atoms with Crippen molar-refractivity contribution < 1.29 is 23.9 Å². The van der Waals surface area contributed by atoms with Crippen LogP contribution in [0.25, 0.3) is 17.2 Å². The van der Waals surface area contributed by atoms with E-state index in [-0.39, 0.29) is 17.1 Å². The van der Waals surface area contributed by atoms with Crippen LogP contribution in [0.2, 0.25) is 0 Å². The zero-order valence-corrected chi connectivity index (χ0v) is 21.8. The Bertz CT molecular complexity index is 1350. The second kappa shape index (κ2) is 11.8. The Kier molecular flexibility index (Phi) is 8.30. The largest absolute Gasteiger partial charge is 0.490 e. The molecule has 8 heteroatoms. The number of hydrogen-bond acceptors (Lipinski definition) is 6. The molecule has 7 nitrogen and oxygen atoms in total. The number of carbonyl (C=O) groups is 3. The summed E-state index contributed by atoms with van der Waals surface area (Å²) in [5, 5.41) is 1.90. The number of carbonyl (C=O) groups excluding carboxylic acids is 3. The zero-order chi connectivity index (χ0) is 26.4. The van der Waals surface area contributed by atoms with Crippen LogP contribution in [0.5, 0.6) is 11.5 Å². The summed E-state index contributed by atoms with van der Waals surface area (Å²) in [6, 6.07) is 21.0. The summed E-state index contributed by atoms with van der Waals surface area (Å²) in [5.41, 5.74) is 4.38. The molecule has 4 rings (SSSR count). The molecule has 0 bridgehead atoms. The Hall–Kier alpha value is -4.04. The second-order valence-electron chi connectivity index (χ2n) is 8.36. The summed E-state index contributed by atoms with van der Waals surface area (Å²) in [7, 11) is 1.77. The van der Waals surface area contributed by atoms with Crippen LogP contribution in [-0.2, 0) is 11.3 Å². The van der Waals surface area contributed by atoms with Gasteiger partial charge in [0.05, 0.1) is 18.1 Å². The molecule has 1 fully saturated rings. The first kappa shape index (κ1) is 26.0. The Morgan fingerprint density at radius 2 is 1.65 bits per heavy atom. The Labute approximate surface area is 220 Å². The van der Waals surface area contributed by atoms with Crippen molar-refractivity contribution in [3.63, 3.8) is 0 Å². The molecule has 3 aromatic rings. The van der Waals surface area contributed by atoms with Gasteiger partial charge in [0.25, 0.3) is 17.1 Å². The van der Waals surface area contributed by atoms with Crippen LogP contribution >= 0.6 is 11.8 Å². The fraction of sp³-hybridized carbons (Fsp3) is 0.207. The molecule has 1 heterocycles. The predicted molar refractivity (Wildman–Crippen MR) is 146 cm³/mol. The maximum absolute atomic E-state index is 13.1. The van der Waals surface area contributed by atoms with E-state index >= 15 is 0 Å². The van der Waals surface area contributed by atoms with Gasteiger partial charge in [0.1, 0.15) is 0 Å². The molecular formula is C29H28N2O5S. The third-order valence-electron chi connectivity index (χ3n) is 5.67. The van der Waals surface area contributed by atoms with Crippen molar-refractivity contribution in [3.05, 3.63) is 88.3 Å². The third-order valence-corrected chi connectivity index (χ3v) is 6.48. The number of rotatable bonds is 9. The lowest BCUT2D eigenvalue weighted by molar-refractivity contribution is -0.115. The average Bonchev–Trinajstić information content (AvgIpc) is 3.21. The molecule has 1 aliphatic rings. The van der Waals surface area contributed by atoms with Gasteiger partial charge < -0.3 is 14.4 Å². The maximum atomic E-state index is 13.1. The van der Waals surface area contributed by atoms with Gasteiger partial charge in [-0.1, -0.05) is 42.5 Å². The van der Waals surface area contributed by atoms with Gasteiger partial charge in [-0.25, -0.2) is 0 Å². The number of imide groups is 1. The minimum Gasteiger partial charge on any atom is -0.490 e.